The normalized spacial score (nSPS) is 24.9. The summed E-state index contributed by atoms with van der Waals surface area (Å²) in [6, 6.07) is 0.465. The number of hydrogen-bond donors (Lipinski definition) is 1. The van der Waals surface area contributed by atoms with Gasteiger partial charge in [-0.25, -0.2) is 0 Å². The van der Waals surface area contributed by atoms with Crippen molar-refractivity contribution in [2.24, 2.45) is 5.92 Å². The first-order chi connectivity index (χ1) is 6.33. The number of rotatable bonds is 6. The Bertz CT molecular complexity index is 124. The molecule has 0 radical (unpaired) electrons. The van der Waals surface area contributed by atoms with Crippen LogP contribution in [0.1, 0.15) is 19.8 Å². The van der Waals surface area contributed by atoms with Gasteiger partial charge in [0.2, 0.25) is 0 Å². The zero-order chi connectivity index (χ0) is 9.52. The average Bonchev–Trinajstić information content (AvgIpc) is 2.57. The van der Waals surface area contributed by atoms with Crippen molar-refractivity contribution in [1.29, 1.82) is 0 Å². The van der Waals surface area contributed by atoms with Crippen LogP contribution in [-0.2, 0) is 9.47 Å². The quantitative estimate of drug-likeness (QED) is 0.674. The van der Waals surface area contributed by atoms with Crippen LogP contribution in [0, 0.1) is 5.92 Å². The molecule has 0 aromatic heterocycles. The van der Waals surface area contributed by atoms with Crippen molar-refractivity contribution in [3.8, 4) is 0 Å². The molecule has 1 rings (SSSR count). The van der Waals surface area contributed by atoms with E-state index in [1.165, 1.54) is 12.8 Å². The van der Waals surface area contributed by atoms with E-state index in [0.717, 1.165) is 32.3 Å². The number of hydrogen-bond acceptors (Lipinski definition) is 3. The molecular formula is C10H21NO2. The summed E-state index contributed by atoms with van der Waals surface area (Å²) in [6.45, 7) is 5.94. The van der Waals surface area contributed by atoms with Crippen molar-refractivity contribution < 1.29 is 9.47 Å². The predicted octanol–water partition coefficient (Wildman–Crippen LogP) is 1.04. The second-order valence-electron chi connectivity index (χ2n) is 3.83. The summed E-state index contributed by atoms with van der Waals surface area (Å²) in [7, 11) is 1.74. The molecular weight excluding hydrogens is 166 g/mol. The molecule has 3 heteroatoms. The summed E-state index contributed by atoms with van der Waals surface area (Å²) in [5, 5.41) is 3.43. The molecule has 1 fully saturated rings. The molecule has 1 aliphatic rings. The lowest BCUT2D eigenvalue weighted by molar-refractivity contribution is 0.168. The smallest absolute Gasteiger partial charge is 0.0613 e. The summed E-state index contributed by atoms with van der Waals surface area (Å²) in [6.07, 6.45) is 2.47. The van der Waals surface area contributed by atoms with Gasteiger partial charge in [0.1, 0.15) is 0 Å². The summed E-state index contributed by atoms with van der Waals surface area (Å²) < 4.78 is 10.3. The molecule has 0 spiro atoms. The van der Waals surface area contributed by atoms with Gasteiger partial charge in [-0.3, -0.25) is 0 Å². The van der Waals surface area contributed by atoms with Gasteiger partial charge in [-0.1, -0.05) is 0 Å². The third-order valence-electron chi connectivity index (χ3n) is 2.49. The lowest BCUT2D eigenvalue weighted by Gasteiger charge is -2.14. The monoisotopic (exact) mass is 187 g/mol. The van der Waals surface area contributed by atoms with E-state index >= 15 is 0 Å². The maximum Gasteiger partial charge on any atom is 0.0613 e. The lowest BCUT2D eigenvalue weighted by atomic mass is 10.1. The van der Waals surface area contributed by atoms with Crippen LogP contribution < -0.4 is 5.32 Å². The van der Waals surface area contributed by atoms with E-state index in [0.29, 0.717) is 6.04 Å². The van der Waals surface area contributed by atoms with Crippen molar-refractivity contribution in [1.82, 2.24) is 5.32 Å². The van der Waals surface area contributed by atoms with Crippen LogP contribution in [0.4, 0.5) is 0 Å². The van der Waals surface area contributed by atoms with Crippen molar-refractivity contribution in [2.45, 2.75) is 25.8 Å². The Kier molecular flexibility index (Phi) is 5.35. The van der Waals surface area contributed by atoms with Gasteiger partial charge in [0.25, 0.3) is 0 Å². The number of methoxy groups -OCH3 is 1. The average molecular weight is 187 g/mol. The van der Waals surface area contributed by atoms with Gasteiger partial charge in [0, 0.05) is 26.4 Å². The minimum Gasteiger partial charge on any atom is -0.383 e. The first-order valence-electron chi connectivity index (χ1n) is 5.13. The number of ether oxygens (including phenoxy) is 2. The van der Waals surface area contributed by atoms with Crippen LogP contribution in [0.2, 0.25) is 0 Å². The Balaban J connectivity index is 1.93. The highest BCUT2D eigenvalue weighted by molar-refractivity contribution is 4.67. The highest BCUT2D eigenvalue weighted by atomic mass is 16.5. The minimum absolute atomic E-state index is 0.465. The van der Waals surface area contributed by atoms with Crippen LogP contribution in [0.3, 0.4) is 0 Å². The van der Waals surface area contributed by atoms with E-state index in [1.54, 1.807) is 7.11 Å². The van der Waals surface area contributed by atoms with E-state index in [4.69, 9.17) is 9.47 Å². The molecule has 13 heavy (non-hydrogen) atoms. The molecule has 1 heterocycles. The van der Waals surface area contributed by atoms with Gasteiger partial charge in [-0.15, -0.1) is 0 Å². The van der Waals surface area contributed by atoms with Crippen molar-refractivity contribution in [2.75, 3.05) is 33.5 Å². The molecule has 0 bridgehead atoms. The minimum atomic E-state index is 0.465. The Morgan fingerprint density at radius 1 is 1.62 bits per heavy atom. The van der Waals surface area contributed by atoms with Gasteiger partial charge in [0.15, 0.2) is 0 Å². The molecule has 2 atom stereocenters. The second-order valence-corrected chi connectivity index (χ2v) is 3.83. The van der Waals surface area contributed by atoms with Crippen LogP contribution in [0.15, 0.2) is 0 Å². The molecule has 0 saturated carbocycles. The first-order valence-corrected chi connectivity index (χ1v) is 5.13. The highest BCUT2D eigenvalue weighted by Gasteiger charge is 2.14. The third-order valence-corrected chi connectivity index (χ3v) is 2.49. The fourth-order valence-electron chi connectivity index (χ4n) is 1.65. The lowest BCUT2D eigenvalue weighted by Crippen LogP contribution is -2.31. The molecule has 0 aromatic rings. The number of nitrogens with one attached hydrogen (secondary N) is 1. The van der Waals surface area contributed by atoms with Gasteiger partial charge in [-0.2, -0.15) is 0 Å². The maximum absolute atomic E-state index is 5.31. The SMILES string of the molecule is COCC(C)NCCC1CCOC1. The van der Waals surface area contributed by atoms with Crippen LogP contribution in [0.25, 0.3) is 0 Å². The zero-order valence-electron chi connectivity index (χ0n) is 8.71. The Labute approximate surface area is 80.8 Å². The van der Waals surface area contributed by atoms with Crippen LogP contribution in [-0.4, -0.2) is 39.5 Å². The van der Waals surface area contributed by atoms with E-state index in [-0.39, 0.29) is 0 Å². The summed E-state index contributed by atoms with van der Waals surface area (Å²) in [4.78, 5) is 0. The Hall–Kier alpha value is -0.120. The molecule has 2 unspecified atom stereocenters. The fraction of sp³-hybridized carbons (Fsp3) is 1.00. The van der Waals surface area contributed by atoms with E-state index < -0.39 is 0 Å². The van der Waals surface area contributed by atoms with Crippen molar-refractivity contribution >= 4 is 0 Å². The Morgan fingerprint density at radius 3 is 3.08 bits per heavy atom. The van der Waals surface area contributed by atoms with Gasteiger partial charge >= 0.3 is 0 Å². The molecule has 1 aliphatic heterocycles. The molecule has 1 saturated heterocycles. The summed E-state index contributed by atoms with van der Waals surface area (Å²) in [5.41, 5.74) is 0. The third kappa shape index (κ3) is 4.60. The van der Waals surface area contributed by atoms with Gasteiger partial charge in [-0.05, 0) is 32.2 Å². The molecule has 1 N–H and O–H groups in total. The topological polar surface area (TPSA) is 30.5 Å². The maximum atomic E-state index is 5.31. The molecule has 3 nitrogen and oxygen atoms in total. The van der Waals surface area contributed by atoms with Crippen LogP contribution >= 0.6 is 0 Å². The molecule has 0 amide bonds. The van der Waals surface area contributed by atoms with E-state index in [2.05, 4.69) is 12.2 Å². The van der Waals surface area contributed by atoms with Gasteiger partial charge < -0.3 is 14.8 Å². The summed E-state index contributed by atoms with van der Waals surface area (Å²) in [5.74, 6) is 0.780. The standard InChI is InChI=1S/C10H21NO2/c1-9(7-12-2)11-5-3-10-4-6-13-8-10/h9-11H,3-8H2,1-2H3. The largest absolute Gasteiger partial charge is 0.383 e. The first kappa shape index (κ1) is 11.0. The highest BCUT2D eigenvalue weighted by Crippen LogP contribution is 2.15. The van der Waals surface area contributed by atoms with Crippen LogP contribution in [0.5, 0.6) is 0 Å². The zero-order valence-corrected chi connectivity index (χ0v) is 8.71. The van der Waals surface area contributed by atoms with Crippen molar-refractivity contribution in [3.05, 3.63) is 0 Å². The molecule has 0 aliphatic carbocycles. The molecule has 0 aromatic carbocycles. The van der Waals surface area contributed by atoms with Crippen molar-refractivity contribution in [3.63, 3.8) is 0 Å². The fourth-order valence-corrected chi connectivity index (χ4v) is 1.65. The Morgan fingerprint density at radius 2 is 2.46 bits per heavy atom. The molecule has 78 valence electrons. The van der Waals surface area contributed by atoms with Gasteiger partial charge in [0.05, 0.1) is 6.61 Å². The van der Waals surface area contributed by atoms with E-state index in [9.17, 15) is 0 Å². The second kappa shape index (κ2) is 6.35. The summed E-state index contributed by atoms with van der Waals surface area (Å²) >= 11 is 0. The van der Waals surface area contributed by atoms with E-state index in [1.807, 2.05) is 0 Å². The predicted molar refractivity (Wildman–Crippen MR) is 52.9 cm³/mol.